The van der Waals surface area contributed by atoms with Crippen LogP contribution in [0.3, 0.4) is 0 Å². The summed E-state index contributed by atoms with van der Waals surface area (Å²) in [5.41, 5.74) is 1.50. The Labute approximate surface area is 92.1 Å². The molecule has 0 spiro atoms. The molecule has 0 unspecified atom stereocenters. The van der Waals surface area contributed by atoms with Crippen molar-refractivity contribution < 1.29 is 9.90 Å². The van der Waals surface area contributed by atoms with Gasteiger partial charge < -0.3 is 5.11 Å². The van der Waals surface area contributed by atoms with Crippen LogP contribution in [0.2, 0.25) is 0 Å². The molecular formula is C11H13BrO2. The van der Waals surface area contributed by atoms with Gasteiger partial charge in [-0.05, 0) is 30.4 Å². The third kappa shape index (κ3) is 2.84. The van der Waals surface area contributed by atoms with Gasteiger partial charge in [0.05, 0.1) is 0 Å². The highest BCUT2D eigenvalue weighted by Gasteiger charge is 2.20. The van der Waals surface area contributed by atoms with Crippen LogP contribution in [-0.4, -0.2) is 11.6 Å². The molecular weight excluding hydrogens is 244 g/mol. The smallest absolute Gasteiger partial charge is 0.290 e. The highest BCUT2D eigenvalue weighted by atomic mass is 79.9. The molecule has 1 aliphatic rings. The first-order valence-corrected chi connectivity index (χ1v) is 5.41. The molecule has 1 fully saturated rings. The molecule has 0 amide bonds. The van der Waals surface area contributed by atoms with Crippen molar-refractivity contribution in [1.82, 2.24) is 0 Å². The number of benzene rings is 1. The molecule has 0 bridgehead atoms. The largest absolute Gasteiger partial charge is 0.483 e. The van der Waals surface area contributed by atoms with Gasteiger partial charge in [-0.25, -0.2) is 0 Å². The van der Waals surface area contributed by atoms with E-state index >= 15 is 0 Å². The first-order chi connectivity index (χ1) is 6.79. The van der Waals surface area contributed by atoms with Gasteiger partial charge in [-0.2, -0.15) is 0 Å². The summed E-state index contributed by atoms with van der Waals surface area (Å²) in [5.74, 6) is 0.838. The second-order valence-corrected chi connectivity index (χ2v) is 4.11. The summed E-state index contributed by atoms with van der Waals surface area (Å²) in [4.78, 5) is 8.36. The SMILES string of the molecule is Brc1ccccc1C1CCC1.O=CO. The maximum absolute atomic E-state index is 8.36. The average Bonchev–Trinajstić information content (AvgIpc) is 2.07. The Balaban J connectivity index is 0.000000293. The lowest BCUT2D eigenvalue weighted by molar-refractivity contribution is -0.122. The van der Waals surface area contributed by atoms with Crippen LogP contribution in [0.15, 0.2) is 28.7 Å². The average molecular weight is 257 g/mol. The van der Waals surface area contributed by atoms with Crippen LogP contribution in [0.25, 0.3) is 0 Å². The van der Waals surface area contributed by atoms with Gasteiger partial charge in [0.15, 0.2) is 0 Å². The highest BCUT2D eigenvalue weighted by Crippen LogP contribution is 2.39. The minimum atomic E-state index is -0.250. The van der Waals surface area contributed by atoms with Gasteiger partial charge in [-0.1, -0.05) is 40.5 Å². The van der Waals surface area contributed by atoms with E-state index in [1.54, 1.807) is 0 Å². The van der Waals surface area contributed by atoms with Crippen LogP contribution in [0.4, 0.5) is 0 Å². The first kappa shape index (κ1) is 11.2. The first-order valence-electron chi connectivity index (χ1n) is 4.62. The number of rotatable bonds is 1. The maximum atomic E-state index is 8.36. The third-order valence-corrected chi connectivity index (χ3v) is 3.17. The molecule has 0 atom stereocenters. The van der Waals surface area contributed by atoms with Crippen LogP contribution < -0.4 is 0 Å². The van der Waals surface area contributed by atoms with Crippen LogP contribution in [0.5, 0.6) is 0 Å². The normalized spacial score (nSPS) is 14.9. The minimum Gasteiger partial charge on any atom is -0.483 e. The number of halogens is 1. The quantitative estimate of drug-likeness (QED) is 0.782. The molecule has 1 saturated carbocycles. The number of hydrogen-bond acceptors (Lipinski definition) is 1. The molecule has 0 saturated heterocycles. The summed E-state index contributed by atoms with van der Waals surface area (Å²) in [5, 5.41) is 6.89. The van der Waals surface area contributed by atoms with Gasteiger partial charge in [-0.15, -0.1) is 0 Å². The topological polar surface area (TPSA) is 37.3 Å². The predicted molar refractivity (Wildman–Crippen MR) is 59.4 cm³/mol. The Kier molecular flexibility index (Phi) is 4.66. The predicted octanol–water partition coefficient (Wildman–Crippen LogP) is 3.42. The molecule has 0 aromatic heterocycles. The molecule has 2 rings (SSSR count). The van der Waals surface area contributed by atoms with E-state index in [-0.39, 0.29) is 6.47 Å². The second kappa shape index (κ2) is 5.81. The summed E-state index contributed by atoms with van der Waals surface area (Å²) in [6, 6.07) is 8.56. The molecule has 1 aliphatic carbocycles. The monoisotopic (exact) mass is 256 g/mol. The maximum Gasteiger partial charge on any atom is 0.290 e. The van der Waals surface area contributed by atoms with Gasteiger partial charge in [0.1, 0.15) is 0 Å². The zero-order valence-electron chi connectivity index (χ0n) is 7.82. The van der Waals surface area contributed by atoms with Crippen molar-refractivity contribution in [3.05, 3.63) is 34.3 Å². The Morgan fingerprint density at radius 3 is 2.36 bits per heavy atom. The minimum absolute atomic E-state index is 0.250. The van der Waals surface area contributed by atoms with Crippen molar-refractivity contribution >= 4 is 22.4 Å². The lowest BCUT2D eigenvalue weighted by atomic mass is 9.80. The number of carbonyl (C=O) groups is 1. The van der Waals surface area contributed by atoms with Crippen LogP contribution in [0, 0.1) is 0 Å². The molecule has 2 nitrogen and oxygen atoms in total. The van der Waals surface area contributed by atoms with Gasteiger partial charge in [0.2, 0.25) is 0 Å². The van der Waals surface area contributed by atoms with E-state index in [1.165, 1.54) is 29.3 Å². The van der Waals surface area contributed by atoms with Gasteiger partial charge >= 0.3 is 0 Å². The fourth-order valence-electron chi connectivity index (χ4n) is 1.53. The van der Waals surface area contributed by atoms with Crippen molar-refractivity contribution in [2.75, 3.05) is 0 Å². The molecule has 0 radical (unpaired) electrons. The van der Waals surface area contributed by atoms with Crippen LogP contribution in [-0.2, 0) is 4.79 Å². The van der Waals surface area contributed by atoms with E-state index in [9.17, 15) is 0 Å². The van der Waals surface area contributed by atoms with E-state index in [0.29, 0.717) is 0 Å². The lowest BCUT2D eigenvalue weighted by Crippen LogP contribution is -2.08. The second-order valence-electron chi connectivity index (χ2n) is 3.25. The van der Waals surface area contributed by atoms with Crippen molar-refractivity contribution in [3.8, 4) is 0 Å². The number of hydrogen-bond donors (Lipinski definition) is 1. The van der Waals surface area contributed by atoms with E-state index in [1.807, 2.05) is 0 Å². The summed E-state index contributed by atoms with van der Waals surface area (Å²) in [7, 11) is 0. The Morgan fingerprint density at radius 2 is 1.93 bits per heavy atom. The molecule has 76 valence electrons. The Hall–Kier alpha value is -0.830. The third-order valence-electron chi connectivity index (χ3n) is 2.45. The van der Waals surface area contributed by atoms with E-state index in [0.717, 1.165) is 5.92 Å². The summed E-state index contributed by atoms with van der Waals surface area (Å²) < 4.78 is 1.28. The van der Waals surface area contributed by atoms with Crippen molar-refractivity contribution in [1.29, 1.82) is 0 Å². The Bertz CT molecular complexity index is 295. The summed E-state index contributed by atoms with van der Waals surface area (Å²) >= 11 is 3.57. The van der Waals surface area contributed by atoms with E-state index < -0.39 is 0 Å². The fourth-order valence-corrected chi connectivity index (χ4v) is 2.13. The molecule has 14 heavy (non-hydrogen) atoms. The van der Waals surface area contributed by atoms with Crippen molar-refractivity contribution in [2.24, 2.45) is 0 Å². The van der Waals surface area contributed by atoms with E-state index in [2.05, 4.69) is 40.2 Å². The van der Waals surface area contributed by atoms with Crippen molar-refractivity contribution in [3.63, 3.8) is 0 Å². The highest BCUT2D eigenvalue weighted by molar-refractivity contribution is 9.10. The molecule has 1 N–H and O–H groups in total. The summed E-state index contributed by atoms with van der Waals surface area (Å²) in [6.45, 7) is -0.250. The van der Waals surface area contributed by atoms with Crippen LogP contribution >= 0.6 is 15.9 Å². The van der Waals surface area contributed by atoms with Gasteiger partial charge in [0, 0.05) is 4.47 Å². The lowest BCUT2D eigenvalue weighted by Gasteiger charge is -2.26. The fraction of sp³-hybridized carbons (Fsp3) is 0.364. The summed E-state index contributed by atoms with van der Waals surface area (Å²) in [6.07, 6.45) is 4.16. The molecule has 0 aliphatic heterocycles. The molecule has 1 aromatic carbocycles. The van der Waals surface area contributed by atoms with Crippen molar-refractivity contribution in [2.45, 2.75) is 25.2 Å². The zero-order chi connectivity index (χ0) is 10.4. The zero-order valence-corrected chi connectivity index (χ0v) is 9.40. The molecule has 3 heteroatoms. The standard InChI is InChI=1S/C10H11Br.CH2O2/c11-10-7-2-1-6-9(10)8-4-3-5-8;2-1-3/h1-2,6-8H,3-5H2;1H,(H,2,3). The molecule has 0 heterocycles. The number of carboxylic acid groups (broad SMARTS) is 1. The van der Waals surface area contributed by atoms with Gasteiger partial charge in [0.25, 0.3) is 6.47 Å². The van der Waals surface area contributed by atoms with E-state index in [4.69, 9.17) is 9.90 Å². The molecule has 1 aromatic rings. The van der Waals surface area contributed by atoms with Crippen LogP contribution in [0.1, 0.15) is 30.7 Å². The van der Waals surface area contributed by atoms with Gasteiger partial charge in [-0.3, -0.25) is 4.79 Å². The Morgan fingerprint density at radius 1 is 1.36 bits per heavy atom.